The van der Waals surface area contributed by atoms with Gasteiger partial charge in [0.15, 0.2) is 0 Å². The summed E-state index contributed by atoms with van der Waals surface area (Å²) in [5.74, 6) is -0.719. The minimum Gasteiger partial charge on any atom is -0.475 e. The Morgan fingerprint density at radius 3 is 2.41 bits per heavy atom. The van der Waals surface area contributed by atoms with E-state index < -0.39 is 21.7 Å². The molecule has 1 heterocycles. The number of carbonyl (C=O) groups is 1. The number of sulfonamides is 1. The van der Waals surface area contributed by atoms with Crippen molar-refractivity contribution >= 4 is 38.9 Å². The van der Waals surface area contributed by atoms with Crippen molar-refractivity contribution in [2.24, 2.45) is 0 Å². The number of halogens is 2. The number of nitrogens with one attached hydrogen (secondary N) is 2. The van der Waals surface area contributed by atoms with E-state index in [1.54, 1.807) is 19.2 Å². The van der Waals surface area contributed by atoms with Crippen LogP contribution in [0.5, 0.6) is 5.88 Å². The average Bonchev–Trinajstić information content (AvgIpc) is 2.77. The summed E-state index contributed by atoms with van der Waals surface area (Å²) in [5.41, 5.74) is 0.992. The fourth-order valence-electron chi connectivity index (χ4n) is 2.52. The molecular formula is C21H19ClFN3O5S. The number of hydrogen-bond acceptors (Lipinski definition) is 6. The lowest BCUT2D eigenvalue weighted by Crippen LogP contribution is -2.14. The predicted molar refractivity (Wildman–Crippen MR) is 118 cm³/mol. The third-order valence-electron chi connectivity index (χ3n) is 4.13. The summed E-state index contributed by atoms with van der Waals surface area (Å²) in [6.45, 7) is 0.795. The van der Waals surface area contributed by atoms with E-state index in [0.29, 0.717) is 30.3 Å². The molecule has 32 heavy (non-hydrogen) atoms. The van der Waals surface area contributed by atoms with Crippen LogP contribution in [0.3, 0.4) is 0 Å². The normalized spacial score (nSPS) is 11.1. The number of rotatable bonds is 9. The zero-order valence-electron chi connectivity index (χ0n) is 16.8. The molecule has 0 spiro atoms. The molecule has 2 aromatic carbocycles. The smallest absolute Gasteiger partial charge is 0.261 e. The standard InChI is InChI=1S/C21H19ClFN3O5S/c1-30-10-11-31-20-9-6-16(13-24-20)25-21(27)14-2-4-15(5-3-14)26-32(28,29)17-7-8-19(23)18(22)12-17/h2-9,12-13,26H,10-11H2,1H3,(H,25,27). The van der Waals surface area contributed by atoms with Gasteiger partial charge in [0.1, 0.15) is 12.4 Å². The van der Waals surface area contributed by atoms with Crippen LogP contribution in [0, 0.1) is 5.82 Å². The Kier molecular flexibility index (Phi) is 7.62. The van der Waals surface area contributed by atoms with Gasteiger partial charge in [-0.15, -0.1) is 0 Å². The Balaban J connectivity index is 1.62. The largest absolute Gasteiger partial charge is 0.475 e. The van der Waals surface area contributed by atoms with Crippen molar-refractivity contribution in [1.82, 2.24) is 4.98 Å². The molecule has 3 aromatic rings. The highest BCUT2D eigenvalue weighted by Gasteiger charge is 2.16. The topological polar surface area (TPSA) is 107 Å². The summed E-state index contributed by atoms with van der Waals surface area (Å²) in [5, 5.41) is 2.39. The lowest BCUT2D eigenvalue weighted by molar-refractivity contribution is 0.102. The van der Waals surface area contributed by atoms with Crippen molar-refractivity contribution in [3.63, 3.8) is 0 Å². The summed E-state index contributed by atoms with van der Waals surface area (Å²) in [7, 11) is -2.41. The number of anilines is 2. The minimum atomic E-state index is -3.98. The van der Waals surface area contributed by atoms with E-state index in [1.165, 1.54) is 30.5 Å². The van der Waals surface area contributed by atoms with Crippen molar-refractivity contribution in [1.29, 1.82) is 0 Å². The Morgan fingerprint density at radius 1 is 1.06 bits per heavy atom. The van der Waals surface area contributed by atoms with Crippen LogP contribution in [0.1, 0.15) is 10.4 Å². The second-order valence-corrected chi connectivity index (χ2v) is 8.53. The summed E-state index contributed by atoms with van der Waals surface area (Å²) >= 11 is 5.65. The van der Waals surface area contributed by atoms with Crippen molar-refractivity contribution in [3.8, 4) is 5.88 Å². The van der Waals surface area contributed by atoms with Crippen molar-refractivity contribution in [2.45, 2.75) is 4.90 Å². The predicted octanol–water partition coefficient (Wildman–Crippen LogP) is 3.95. The Hall–Kier alpha value is -3.21. The van der Waals surface area contributed by atoms with E-state index in [0.717, 1.165) is 18.2 Å². The summed E-state index contributed by atoms with van der Waals surface area (Å²) in [4.78, 5) is 16.3. The monoisotopic (exact) mass is 479 g/mol. The third-order valence-corrected chi connectivity index (χ3v) is 5.80. The number of hydrogen-bond donors (Lipinski definition) is 2. The molecule has 0 bridgehead atoms. The molecule has 0 aliphatic carbocycles. The van der Waals surface area contributed by atoms with Gasteiger partial charge < -0.3 is 14.8 Å². The molecule has 1 amide bonds. The van der Waals surface area contributed by atoms with Gasteiger partial charge in [-0.2, -0.15) is 0 Å². The van der Waals surface area contributed by atoms with Gasteiger partial charge in [0, 0.05) is 24.4 Å². The number of aromatic nitrogens is 1. The van der Waals surface area contributed by atoms with Crippen LogP contribution in [-0.4, -0.2) is 39.6 Å². The molecule has 0 atom stereocenters. The number of methoxy groups -OCH3 is 1. The molecule has 2 N–H and O–H groups in total. The molecule has 0 radical (unpaired) electrons. The van der Waals surface area contributed by atoms with Gasteiger partial charge in [0.2, 0.25) is 5.88 Å². The quantitative estimate of drug-likeness (QED) is 0.450. The van der Waals surface area contributed by atoms with E-state index in [-0.39, 0.29) is 15.6 Å². The first-order valence-corrected chi connectivity index (χ1v) is 11.1. The van der Waals surface area contributed by atoms with Crippen molar-refractivity contribution in [2.75, 3.05) is 30.4 Å². The van der Waals surface area contributed by atoms with Gasteiger partial charge >= 0.3 is 0 Å². The molecular weight excluding hydrogens is 461 g/mol. The molecule has 1 aromatic heterocycles. The maximum Gasteiger partial charge on any atom is 0.261 e. The van der Waals surface area contributed by atoms with Gasteiger partial charge in [-0.1, -0.05) is 11.6 Å². The fraction of sp³-hybridized carbons (Fsp3) is 0.143. The van der Waals surface area contributed by atoms with Crippen LogP contribution in [0.15, 0.2) is 65.7 Å². The third kappa shape index (κ3) is 6.16. The summed E-state index contributed by atoms with van der Waals surface area (Å²) in [6, 6.07) is 12.1. The number of benzene rings is 2. The molecule has 11 heteroatoms. The zero-order chi connectivity index (χ0) is 23.1. The number of pyridine rings is 1. The van der Waals surface area contributed by atoms with Crippen molar-refractivity contribution in [3.05, 3.63) is 77.2 Å². The SMILES string of the molecule is COCCOc1ccc(NC(=O)c2ccc(NS(=O)(=O)c3ccc(F)c(Cl)c3)cc2)cn1. The van der Waals surface area contributed by atoms with Gasteiger partial charge in [0.05, 0.1) is 28.4 Å². The maximum atomic E-state index is 13.3. The Bertz CT molecular complexity index is 1190. The second-order valence-electron chi connectivity index (χ2n) is 6.44. The van der Waals surface area contributed by atoms with Crippen LogP contribution in [-0.2, 0) is 14.8 Å². The van der Waals surface area contributed by atoms with Gasteiger partial charge in [-0.05, 0) is 48.5 Å². The van der Waals surface area contributed by atoms with Gasteiger partial charge in [-0.3, -0.25) is 9.52 Å². The van der Waals surface area contributed by atoms with Crippen LogP contribution in [0.2, 0.25) is 5.02 Å². The second kappa shape index (κ2) is 10.4. The number of carbonyl (C=O) groups excluding carboxylic acids is 1. The van der Waals surface area contributed by atoms with Crippen molar-refractivity contribution < 1.29 is 27.1 Å². The Labute approximate surface area is 189 Å². The molecule has 0 fully saturated rings. The first-order valence-electron chi connectivity index (χ1n) is 9.25. The van der Waals surface area contributed by atoms with Gasteiger partial charge in [-0.25, -0.2) is 17.8 Å². The summed E-state index contributed by atoms with van der Waals surface area (Å²) in [6.07, 6.45) is 1.45. The van der Waals surface area contributed by atoms with Crippen LogP contribution in [0.25, 0.3) is 0 Å². The van der Waals surface area contributed by atoms with Crippen LogP contribution in [0.4, 0.5) is 15.8 Å². The highest BCUT2D eigenvalue weighted by Crippen LogP contribution is 2.22. The van der Waals surface area contributed by atoms with E-state index in [1.807, 2.05) is 0 Å². The van der Waals surface area contributed by atoms with Crippen LogP contribution >= 0.6 is 11.6 Å². The first kappa shape index (κ1) is 23.5. The number of amides is 1. The van der Waals surface area contributed by atoms with E-state index >= 15 is 0 Å². The van der Waals surface area contributed by atoms with E-state index in [2.05, 4.69) is 15.0 Å². The highest BCUT2D eigenvalue weighted by molar-refractivity contribution is 7.92. The molecule has 0 aliphatic heterocycles. The molecule has 0 aliphatic rings. The van der Waals surface area contributed by atoms with E-state index in [9.17, 15) is 17.6 Å². The average molecular weight is 480 g/mol. The number of nitrogens with zero attached hydrogens (tertiary/aromatic N) is 1. The molecule has 168 valence electrons. The minimum absolute atomic E-state index is 0.187. The summed E-state index contributed by atoms with van der Waals surface area (Å²) < 4.78 is 50.8. The highest BCUT2D eigenvalue weighted by atomic mass is 35.5. The Morgan fingerprint density at radius 2 is 1.78 bits per heavy atom. The lowest BCUT2D eigenvalue weighted by atomic mass is 10.2. The number of ether oxygens (including phenoxy) is 2. The first-order chi connectivity index (χ1) is 15.3. The zero-order valence-corrected chi connectivity index (χ0v) is 18.4. The molecule has 0 unspecified atom stereocenters. The van der Waals surface area contributed by atoms with Crippen LogP contribution < -0.4 is 14.8 Å². The molecule has 0 saturated heterocycles. The van der Waals surface area contributed by atoms with Gasteiger partial charge in [0.25, 0.3) is 15.9 Å². The molecule has 3 rings (SSSR count). The molecule has 0 saturated carbocycles. The molecule has 8 nitrogen and oxygen atoms in total. The maximum absolute atomic E-state index is 13.3. The fourth-order valence-corrected chi connectivity index (χ4v) is 3.85. The lowest BCUT2D eigenvalue weighted by Gasteiger charge is -2.10. The van der Waals surface area contributed by atoms with E-state index in [4.69, 9.17) is 21.1 Å².